The zero-order chi connectivity index (χ0) is 18.3. The van der Waals surface area contributed by atoms with E-state index in [1.165, 1.54) is 6.21 Å². The highest BCUT2D eigenvalue weighted by Gasteiger charge is 2.47. The zero-order valence-corrected chi connectivity index (χ0v) is 14.5. The molecule has 0 unspecified atom stereocenters. The minimum Gasteiger partial charge on any atom is -0.372 e. The van der Waals surface area contributed by atoms with Gasteiger partial charge in [-0.25, -0.2) is 5.43 Å². The molecule has 0 aliphatic heterocycles. The number of fused-ring (bicyclic) bond motifs is 3. The van der Waals surface area contributed by atoms with E-state index in [4.69, 9.17) is 0 Å². The number of nitrogens with one attached hydrogen (secondary N) is 1. The first kappa shape index (κ1) is 16.2. The van der Waals surface area contributed by atoms with E-state index in [2.05, 4.69) is 15.6 Å². The second kappa shape index (κ2) is 5.93. The topological polar surface area (TPSA) is 79.5 Å². The van der Waals surface area contributed by atoms with Crippen molar-refractivity contribution in [1.29, 1.82) is 0 Å². The molecule has 0 saturated carbocycles. The molecular formula is C20H18N4O2. The number of hydrazone groups is 1. The number of carbonyl (C=O) groups is 1. The summed E-state index contributed by atoms with van der Waals surface area (Å²) in [5, 5.41) is 19.6. The molecule has 1 aliphatic rings. The molecule has 0 radical (unpaired) electrons. The number of aryl methyl sites for hydroxylation is 2. The molecule has 0 atom stereocenters. The fourth-order valence-corrected chi connectivity index (χ4v) is 3.44. The molecule has 2 N–H and O–H groups in total. The van der Waals surface area contributed by atoms with Crippen molar-refractivity contribution in [3.05, 3.63) is 77.1 Å². The molecule has 2 aromatic carbocycles. The zero-order valence-electron chi connectivity index (χ0n) is 14.5. The molecule has 3 aromatic rings. The number of aromatic nitrogens is 2. The van der Waals surface area contributed by atoms with Gasteiger partial charge in [0.25, 0.3) is 5.91 Å². The average molecular weight is 346 g/mol. The minimum atomic E-state index is -1.77. The average Bonchev–Trinajstić information content (AvgIpc) is 3.11. The second-order valence-electron chi connectivity index (χ2n) is 6.34. The third-order valence-electron chi connectivity index (χ3n) is 4.67. The van der Waals surface area contributed by atoms with Crippen LogP contribution in [0.15, 0.2) is 59.8 Å². The van der Waals surface area contributed by atoms with Gasteiger partial charge in [0.1, 0.15) is 0 Å². The Bertz CT molecular complexity index is 990. The highest BCUT2D eigenvalue weighted by Crippen LogP contribution is 2.47. The van der Waals surface area contributed by atoms with Crippen LogP contribution in [0.25, 0.3) is 11.1 Å². The first-order valence-corrected chi connectivity index (χ1v) is 8.27. The number of amides is 1. The van der Waals surface area contributed by atoms with E-state index in [9.17, 15) is 9.90 Å². The van der Waals surface area contributed by atoms with Crippen molar-refractivity contribution in [2.75, 3.05) is 0 Å². The summed E-state index contributed by atoms with van der Waals surface area (Å²) in [4.78, 5) is 12.9. The predicted molar refractivity (Wildman–Crippen MR) is 98.6 cm³/mol. The van der Waals surface area contributed by atoms with Crippen LogP contribution in [0.4, 0.5) is 0 Å². The Hall–Kier alpha value is -3.25. The van der Waals surface area contributed by atoms with Crippen molar-refractivity contribution in [3.8, 4) is 11.1 Å². The maximum Gasteiger partial charge on any atom is 0.281 e. The number of nitrogens with zero attached hydrogens (tertiary/aromatic N) is 3. The molecule has 0 spiro atoms. The van der Waals surface area contributed by atoms with E-state index < -0.39 is 11.5 Å². The second-order valence-corrected chi connectivity index (χ2v) is 6.34. The lowest BCUT2D eigenvalue weighted by Gasteiger charge is -2.23. The lowest BCUT2D eigenvalue weighted by atomic mass is 9.91. The van der Waals surface area contributed by atoms with E-state index in [0.29, 0.717) is 11.1 Å². The first-order valence-electron chi connectivity index (χ1n) is 8.27. The first-order chi connectivity index (χ1) is 12.5. The summed E-state index contributed by atoms with van der Waals surface area (Å²) >= 11 is 0. The van der Waals surface area contributed by atoms with E-state index in [1.807, 2.05) is 50.4 Å². The van der Waals surface area contributed by atoms with Crippen LogP contribution in [-0.2, 0) is 17.4 Å². The van der Waals surface area contributed by atoms with Crippen LogP contribution < -0.4 is 5.43 Å². The summed E-state index contributed by atoms with van der Waals surface area (Å²) in [5.74, 6) is -0.590. The SMILES string of the molecule is Cc1nn(C)cc1/C=N/NC(=O)C1(O)c2ccccc2-c2ccccc21. The van der Waals surface area contributed by atoms with Crippen LogP contribution in [0.3, 0.4) is 0 Å². The van der Waals surface area contributed by atoms with E-state index in [0.717, 1.165) is 22.4 Å². The van der Waals surface area contributed by atoms with Gasteiger partial charge in [0.2, 0.25) is 0 Å². The number of carbonyl (C=O) groups excluding carboxylic acids is 1. The van der Waals surface area contributed by atoms with Gasteiger partial charge in [-0.1, -0.05) is 48.5 Å². The molecule has 6 heteroatoms. The van der Waals surface area contributed by atoms with Crippen LogP contribution in [0.1, 0.15) is 22.4 Å². The number of rotatable bonds is 3. The molecular weight excluding hydrogens is 328 g/mol. The van der Waals surface area contributed by atoms with Crippen molar-refractivity contribution in [1.82, 2.24) is 15.2 Å². The lowest BCUT2D eigenvalue weighted by Crippen LogP contribution is -2.42. The van der Waals surface area contributed by atoms with Gasteiger partial charge in [0, 0.05) is 29.9 Å². The van der Waals surface area contributed by atoms with Crippen LogP contribution >= 0.6 is 0 Å². The van der Waals surface area contributed by atoms with Crippen molar-refractivity contribution in [3.63, 3.8) is 0 Å². The van der Waals surface area contributed by atoms with Crippen LogP contribution in [-0.4, -0.2) is 27.0 Å². The van der Waals surface area contributed by atoms with Crippen molar-refractivity contribution in [2.24, 2.45) is 12.1 Å². The third-order valence-corrected chi connectivity index (χ3v) is 4.67. The van der Waals surface area contributed by atoms with Gasteiger partial charge in [0.05, 0.1) is 11.9 Å². The molecule has 4 rings (SSSR count). The normalized spacial score (nSPS) is 14.3. The highest BCUT2D eigenvalue weighted by molar-refractivity contribution is 5.99. The number of aliphatic hydroxyl groups is 1. The molecule has 0 bridgehead atoms. The smallest absolute Gasteiger partial charge is 0.281 e. The van der Waals surface area contributed by atoms with E-state index in [1.54, 1.807) is 23.0 Å². The number of benzene rings is 2. The Morgan fingerprint density at radius 2 is 1.73 bits per heavy atom. The summed E-state index contributed by atoms with van der Waals surface area (Å²) in [6.07, 6.45) is 3.33. The maximum absolute atomic E-state index is 12.9. The van der Waals surface area contributed by atoms with E-state index in [-0.39, 0.29) is 0 Å². The quantitative estimate of drug-likeness (QED) is 0.563. The summed E-state index contributed by atoms with van der Waals surface area (Å²) in [5.41, 5.74) is 5.14. The van der Waals surface area contributed by atoms with Gasteiger partial charge < -0.3 is 5.11 Å². The standard InChI is InChI=1S/C20H18N4O2/c1-13-14(12-24(2)23-13)11-21-22-19(25)20(26)17-9-5-3-7-15(17)16-8-4-6-10-18(16)20/h3-12,26H,1-2H3,(H,22,25)/b21-11+. The van der Waals surface area contributed by atoms with Gasteiger partial charge in [-0.3, -0.25) is 9.48 Å². The molecule has 6 nitrogen and oxygen atoms in total. The molecule has 1 heterocycles. The Labute approximate surface area is 150 Å². The molecule has 1 aliphatic carbocycles. The fraction of sp³-hybridized carbons (Fsp3) is 0.150. The summed E-state index contributed by atoms with van der Waals surface area (Å²) in [6.45, 7) is 1.86. The molecule has 130 valence electrons. The molecule has 26 heavy (non-hydrogen) atoms. The minimum absolute atomic E-state index is 0.562. The summed E-state index contributed by atoms with van der Waals surface area (Å²) in [6, 6.07) is 14.7. The molecule has 1 amide bonds. The monoisotopic (exact) mass is 346 g/mol. The fourth-order valence-electron chi connectivity index (χ4n) is 3.44. The molecule has 1 aromatic heterocycles. The largest absolute Gasteiger partial charge is 0.372 e. The van der Waals surface area contributed by atoms with Gasteiger partial charge in [-0.2, -0.15) is 10.2 Å². The number of hydrogen-bond donors (Lipinski definition) is 2. The van der Waals surface area contributed by atoms with Crippen LogP contribution in [0.5, 0.6) is 0 Å². The van der Waals surface area contributed by atoms with Crippen LogP contribution in [0, 0.1) is 6.92 Å². The predicted octanol–water partition coefficient (Wildman–Crippen LogP) is 2.10. The third kappa shape index (κ3) is 2.34. The molecule has 0 saturated heterocycles. The van der Waals surface area contributed by atoms with Crippen molar-refractivity contribution in [2.45, 2.75) is 12.5 Å². The van der Waals surface area contributed by atoms with Crippen molar-refractivity contribution >= 4 is 12.1 Å². The van der Waals surface area contributed by atoms with Crippen molar-refractivity contribution < 1.29 is 9.90 Å². The van der Waals surface area contributed by atoms with E-state index >= 15 is 0 Å². The summed E-state index contributed by atoms with van der Waals surface area (Å²) in [7, 11) is 1.82. The number of hydrogen-bond acceptors (Lipinski definition) is 4. The maximum atomic E-state index is 12.9. The van der Waals surface area contributed by atoms with Gasteiger partial charge in [-0.05, 0) is 18.1 Å². The molecule has 0 fully saturated rings. The lowest BCUT2D eigenvalue weighted by molar-refractivity contribution is -0.136. The van der Waals surface area contributed by atoms with Gasteiger partial charge in [-0.15, -0.1) is 0 Å². The Morgan fingerprint density at radius 1 is 1.15 bits per heavy atom. The highest BCUT2D eigenvalue weighted by atomic mass is 16.3. The summed E-state index contributed by atoms with van der Waals surface area (Å²) < 4.78 is 1.68. The Morgan fingerprint density at radius 3 is 2.27 bits per heavy atom. The Kier molecular flexibility index (Phi) is 3.70. The van der Waals surface area contributed by atoms with Gasteiger partial charge >= 0.3 is 0 Å². The van der Waals surface area contributed by atoms with Crippen LogP contribution in [0.2, 0.25) is 0 Å². The van der Waals surface area contributed by atoms with Gasteiger partial charge in [0.15, 0.2) is 5.60 Å². The Balaban J connectivity index is 1.68.